The summed E-state index contributed by atoms with van der Waals surface area (Å²) in [5, 5.41) is 14.3. The first-order chi connectivity index (χ1) is 10.6. The highest BCUT2D eigenvalue weighted by Crippen LogP contribution is 2.30. The molecule has 2 heterocycles. The predicted octanol–water partition coefficient (Wildman–Crippen LogP) is 3.20. The molecule has 0 aliphatic carbocycles. The largest absolute Gasteiger partial charge is 0.391 e. The lowest BCUT2D eigenvalue weighted by molar-refractivity contribution is 0.176. The van der Waals surface area contributed by atoms with Gasteiger partial charge in [0.15, 0.2) is 4.34 Å². The smallest absolute Gasteiger partial charge is 0.321 e. The number of thiazole rings is 1. The summed E-state index contributed by atoms with van der Waals surface area (Å²) in [5.41, 5.74) is 1.79. The average Bonchev–Trinajstić information content (AvgIpc) is 3.10. The number of nitrogens with zero attached hydrogens (tertiary/aromatic N) is 2. The summed E-state index contributed by atoms with van der Waals surface area (Å²) in [6.07, 6.45) is 0.252. The number of aromatic nitrogens is 1. The minimum atomic E-state index is -0.397. The normalized spacial score (nSPS) is 17.7. The zero-order valence-electron chi connectivity index (χ0n) is 12.2. The van der Waals surface area contributed by atoms with E-state index in [1.54, 1.807) is 28.0 Å². The first kappa shape index (κ1) is 15.3. The number of β-amino-alcohol motifs (C(OH)–C–C–N with tert-alkyl or cyclic N) is 1. The molecule has 1 fully saturated rings. The van der Waals surface area contributed by atoms with Crippen LogP contribution >= 0.6 is 23.1 Å². The quantitative estimate of drug-likeness (QED) is 0.904. The number of aliphatic hydroxyl groups is 1. The van der Waals surface area contributed by atoms with Gasteiger partial charge in [-0.2, -0.15) is 0 Å². The zero-order chi connectivity index (χ0) is 15.5. The first-order valence-corrected chi connectivity index (χ1v) is 8.74. The van der Waals surface area contributed by atoms with Crippen molar-refractivity contribution < 1.29 is 9.90 Å². The Kier molecular flexibility index (Phi) is 4.66. The average molecular weight is 335 g/mol. The van der Waals surface area contributed by atoms with Crippen molar-refractivity contribution in [3.8, 4) is 0 Å². The Morgan fingerprint density at radius 2 is 2.23 bits per heavy atom. The number of carbonyl (C=O) groups excluding carboxylic acids is 1. The number of hydrogen-bond donors (Lipinski definition) is 2. The van der Waals surface area contributed by atoms with Gasteiger partial charge < -0.3 is 15.3 Å². The van der Waals surface area contributed by atoms with Gasteiger partial charge in [0.25, 0.3) is 0 Å². The van der Waals surface area contributed by atoms with E-state index in [2.05, 4.69) is 10.3 Å². The molecule has 1 saturated heterocycles. The van der Waals surface area contributed by atoms with E-state index in [9.17, 15) is 9.90 Å². The molecule has 3 rings (SSSR count). The number of aryl methyl sites for hydroxylation is 1. The second-order valence-electron chi connectivity index (χ2n) is 5.20. The number of carbonyl (C=O) groups is 1. The maximum Gasteiger partial charge on any atom is 0.321 e. The number of benzene rings is 1. The van der Waals surface area contributed by atoms with Crippen molar-refractivity contribution >= 4 is 34.8 Å². The zero-order valence-corrected chi connectivity index (χ0v) is 13.8. The predicted molar refractivity (Wildman–Crippen MR) is 88.6 cm³/mol. The Labute approximate surface area is 137 Å². The fourth-order valence-corrected chi connectivity index (χ4v) is 4.02. The fourth-order valence-electron chi connectivity index (χ4n) is 2.22. The lowest BCUT2D eigenvalue weighted by Crippen LogP contribution is -2.33. The van der Waals surface area contributed by atoms with Gasteiger partial charge in [-0.3, -0.25) is 0 Å². The summed E-state index contributed by atoms with van der Waals surface area (Å²) < 4.78 is 1.01. The van der Waals surface area contributed by atoms with Gasteiger partial charge in [-0.15, -0.1) is 11.3 Å². The lowest BCUT2D eigenvalue weighted by Gasteiger charge is -2.16. The van der Waals surface area contributed by atoms with E-state index in [4.69, 9.17) is 0 Å². The second kappa shape index (κ2) is 6.68. The molecule has 0 bridgehead atoms. The summed E-state index contributed by atoms with van der Waals surface area (Å²) in [6, 6.07) is 7.54. The molecule has 0 saturated carbocycles. The monoisotopic (exact) mass is 335 g/mol. The number of aliphatic hydroxyl groups excluding tert-OH is 1. The molecule has 0 radical (unpaired) electrons. The topological polar surface area (TPSA) is 65.5 Å². The molecule has 1 aliphatic heterocycles. The van der Waals surface area contributed by atoms with E-state index in [1.165, 1.54) is 0 Å². The number of nitrogens with one attached hydrogen (secondary N) is 1. The van der Waals surface area contributed by atoms with Crippen LogP contribution in [-0.2, 0) is 0 Å². The number of anilines is 1. The third-order valence-corrected chi connectivity index (χ3v) is 5.42. The molecule has 0 spiro atoms. The van der Waals surface area contributed by atoms with Crippen molar-refractivity contribution in [3.05, 3.63) is 35.3 Å². The third kappa shape index (κ3) is 3.79. The molecule has 1 aliphatic rings. The molecule has 0 unspecified atom stereocenters. The summed E-state index contributed by atoms with van der Waals surface area (Å²) >= 11 is 3.24. The number of hydrogen-bond acceptors (Lipinski definition) is 5. The van der Waals surface area contributed by atoms with Crippen LogP contribution in [0.5, 0.6) is 0 Å². The van der Waals surface area contributed by atoms with Crippen molar-refractivity contribution in [1.82, 2.24) is 9.88 Å². The van der Waals surface area contributed by atoms with Crippen LogP contribution < -0.4 is 5.32 Å². The van der Waals surface area contributed by atoms with Gasteiger partial charge in [-0.05, 0) is 37.6 Å². The highest BCUT2D eigenvalue weighted by molar-refractivity contribution is 8.01. The Morgan fingerprint density at radius 3 is 2.82 bits per heavy atom. The first-order valence-electron chi connectivity index (χ1n) is 7.04. The third-order valence-electron chi connectivity index (χ3n) is 3.36. The van der Waals surface area contributed by atoms with Crippen molar-refractivity contribution in [2.75, 3.05) is 18.4 Å². The maximum atomic E-state index is 12.0. The van der Waals surface area contributed by atoms with E-state index in [-0.39, 0.29) is 6.03 Å². The SMILES string of the molecule is Cc1csc(Sc2ccc(NC(=O)N3CC[C@@H](O)C3)cc2)n1. The molecule has 2 amide bonds. The number of amides is 2. The molecule has 1 aromatic heterocycles. The summed E-state index contributed by atoms with van der Waals surface area (Å²) in [7, 11) is 0. The van der Waals surface area contributed by atoms with Crippen LogP contribution in [0, 0.1) is 6.92 Å². The molecular weight excluding hydrogens is 318 g/mol. The molecule has 2 aromatic rings. The van der Waals surface area contributed by atoms with Crippen LogP contribution in [0.15, 0.2) is 38.9 Å². The van der Waals surface area contributed by atoms with Gasteiger partial charge in [0.05, 0.1) is 6.10 Å². The van der Waals surface area contributed by atoms with E-state index < -0.39 is 6.10 Å². The van der Waals surface area contributed by atoms with E-state index in [0.29, 0.717) is 19.5 Å². The molecule has 116 valence electrons. The molecular formula is C15H17N3O2S2. The van der Waals surface area contributed by atoms with Crippen LogP contribution in [-0.4, -0.2) is 40.2 Å². The van der Waals surface area contributed by atoms with Gasteiger partial charge in [0.2, 0.25) is 0 Å². The van der Waals surface area contributed by atoms with Gasteiger partial charge >= 0.3 is 6.03 Å². The van der Waals surface area contributed by atoms with Crippen LogP contribution in [0.4, 0.5) is 10.5 Å². The molecule has 7 heteroatoms. The van der Waals surface area contributed by atoms with Crippen molar-refractivity contribution in [2.45, 2.75) is 28.7 Å². The highest BCUT2D eigenvalue weighted by atomic mass is 32.2. The molecule has 1 atom stereocenters. The molecule has 5 nitrogen and oxygen atoms in total. The standard InChI is InChI=1S/C15H17N3O2S2/c1-10-9-21-15(16-10)22-13-4-2-11(3-5-13)17-14(20)18-7-6-12(19)8-18/h2-5,9,12,19H,6-8H2,1H3,(H,17,20)/t12-/m1/s1. The molecule has 2 N–H and O–H groups in total. The van der Waals surface area contributed by atoms with Crippen LogP contribution in [0.25, 0.3) is 0 Å². The van der Waals surface area contributed by atoms with Crippen LogP contribution in [0.3, 0.4) is 0 Å². The Balaban J connectivity index is 1.58. The van der Waals surface area contributed by atoms with E-state index >= 15 is 0 Å². The summed E-state index contributed by atoms with van der Waals surface area (Å²) in [4.78, 5) is 19.2. The lowest BCUT2D eigenvalue weighted by atomic mass is 10.3. The van der Waals surface area contributed by atoms with E-state index in [1.807, 2.05) is 36.6 Å². The second-order valence-corrected chi connectivity index (χ2v) is 7.38. The van der Waals surface area contributed by atoms with Gasteiger partial charge in [0, 0.05) is 34.7 Å². The van der Waals surface area contributed by atoms with Crippen molar-refractivity contribution in [2.24, 2.45) is 0 Å². The number of urea groups is 1. The maximum absolute atomic E-state index is 12.0. The Bertz CT molecular complexity index is 657. The Hall–Kier alpha value is -1.57. The number of likely N-dealkylation sites (tertiary alicyclic amines) is 1. The Morgan fingerprint density at radius 1 is 1.45 bits per heavy atom. The minimum absolute atomic E-state index is 0.160. The summed E-state index contributed by atoms with van der Waals surface area (Å²) in [5.74, 6) is 0. The minimum Gasteiger partial charge on any atom is -0.391 e. The fraction of sp³-hybridized carbons (Fsp3) is 0.333. The van der Waals surface area contributed by atoms with Gasteiger partial charge in [-0.25, -0.2) is 9.78 Å². The van der Waals surface area contributed by atoms with Crippen LogP contribution in [0.1, 0.15) is 12.1 Å². The van der Waals surface area contributed by atoms with Gasteiger partial charge in [-0.1, -0.05) is 11.8 Å². The molecule has 22 heavy (non-hydrogen) atoms. The van der Waals surface area contributed by atoms with Gasteiger partial charge in [0.1, 0.15) is 0 Å². The number of rotatable bonds is 3. The van der Waals surface area contributed by atoms with E-state index in [0.717, 1.165) is 20.6 Å². The van der Waals surface area contributed by atoms with Crippen LogP contribution in [0.2, 0.25) is 0 Å². The van der Waals surface area contributed by atoms with Crippen molar-refractivity contribution in [3.63, 3.8) is 0 Å². The highest BCUT2D eigenvalue weighted by Gasteiger charge is 2.24. The van der Waals surface area contributed by atoms with Crippen molar-refractivity contribution in [1.29, 1.82) is 0 Å². The summed E-state index contributed by atoms with van der Waals surface area (Å²) in [6.45, 7) is 2.99. The molecule has 1 aromatic carbocycles.